The topological polar surface area (TPSA) is 62.7 Å². The molecule has 1 saturated carbocycles. The van der Waals surface area contributed by atoms with E-state index < -0.39 is 0 Å². The first-order valence-electron chi connectivity index (χ1n) is 11.2. The zero-order chi connectivity index (χ0) is 20.6. The van der Waals surface area contributed by atoms with Crippen molar-refractivity contribution in [1.29, 1.82) is 0 Å². The van der Waals surface area contributed by atoms with E-state index in [1.807, 2.05) is 46.2 Å². The normalized spacial score (nSPS) is 23.0. The van der Waals surface area contributed by atoms with Gasteiger partial charge in [-0.1, -0.05) is 30.7 Å². The van der Waals surface area contributed by atoms with E-state index in [0.717, 1.165) is 30.4 Å². The molecule has 158 valence electrons. The van der Waals surface area contributed by atoms with Crippen LogP contribution in [0, 0.1) is 11.3 Å². The van der Waals surface area contributed by atoms with E-state index in [9.17, 15) is 9.59 Å². The van der Waals surface area contributed by atoms with Crippen LogP contribution in [0.15, 0.2) is 36.4 Å². The van der Waals surface area contributed by atoms with Crippen molar-refractivity contribution in [2.75, 3.05) is 39.4 Å². The van der Waals surface area contributed by atoms with Gasteiger partial charge in [0.1, 0.15) is 5.69 Å². The number of hydrogen-bond acceptors (Lipinski definition) is 4. The highest BCUT2D eigenvalue weighted by molar-refractivity contribution is 5.95. The van der Waals surface area contributed by atoms with Gasteiger partial charge in [-0.2, -0.15) is 0 Å². The molecule has 2 saturated heterocycles. The van der Waals surface area contributed by atoms with Gasteiger partial charge < -0.3 is 14.5 Å². The highest BCUT2D eigenvalue weighted by atomic mass is 16.5. The minimum absolute atomic E-state index is 0.0223. The molecule has 0 bridgehead atoms. The van der Waals surface area contributed by atoms with Gasteiger partial charge in [0, 0.05) is 38.0 Å². The summed E-state index contributed by atoms with van der Waals surface area (Å²) in [6.45, 7) is 4.22. The van der Waals surface area contributed by atoms with Gasteiger partial charge in [0.25, 0.3) is 5.91 Å². The first-order chi connectivity index (χ1) is 14.6. The molecule has 1 spiro atoms. The number of pyridine rings is 1. The first-order valence-corrected chi connectivity index (χ1v) is 11.2. The molecule has 30 heavy (non-hydrogen) atoms. The van der Waals surface area contributed by atoms with Crippen molar-refractivity contribution in [2.24, 2.45) is 11.3 Å². The SMILES string of the molecule is O=C(CCC1CN(C(=O)c2ccc3ccccc3n2)CC12CCC2)N1CCOCC1. The molecular formula is C24H29N3O3. The van der Waals surface area contributed by atoms with E-state index >= 15 is 0 Å². The Morgan fingerprint density at radius 3 is 2.63 bits per heavy atom. The Morgan fingerprint density at radius 1 is 1.07 bits per heavy atom. The van der Waals surface area contributed by atoms with E-state index in [2.05, 4.69) is 4.98 Å². The number of ether oxygens (including phenoxy) is 1. The molecule has 1 atom stereocenters. The summed E-state index contributed by atoms with van der Waals surface area (Å²) in [4.78, 5) is 34.4. The van der Waals surface area contributed by atoms with Crippen molar-refractivity contribution in [3.63, 3.8) is 0 Å². The largest absolute Gasteiger partial charge is 0.378 e. The Hall–Kier alpha value is -2.47. The van der Waals surface area contributed by atoms with Gasteiger partial charge >= 0.3 is 0 Å². The van der Waals surface area contributed by atoms with E-state index in [1.54, 1.807) is 0 Å². The van der Waals surface area contributed by atoms with Crippen LogP contribution in [-0.4, -0.2) is 66.0 Å². The average Bonchev–Trinajstić information content (AvgIpc) is 3.17. The van der Waals surface area contributed by atoms with Crippen LogP contribution in [0.3, 0.4) is 0 Å². The maximum Gasteiger partial charge on any atom is 0.272 e. The van der Waals surface area contributed by atoms with Crippen LogP contribution in [-0.2, 0) is 9.53 Å². The quantitative estimate of drug-likeness (QED) is 0.781. The summed E-state index contributed by atoms with van der Waals surface area (Å²) < 4.78 is 5.35. The number of hydrogen-bond donors (Lipinski definition) is 0. The Balaban J connectivity index is 1.26. The third kappa shape index (κ3) is 3.58. The lowest BCUT2D eigenvalue weighted by atomic mass is 9.62. The molecule has 6 heteroatoms. The fourth-order valence-corrected chi connectivity index (χ4v) is 5.40. The number of fused-ring (bicyclic) bond motifs is 1. The Labute approximate surface area is 177 Å². The third-order valence-corrected chi connectivity index (χ3v) is 7.34. The summed E-state index contributed by atoms with van der Waals surface area (Å²) in [5.41, 5.74) is 1.58. The third-order valence-electron chi connectivity index (χ3n) is 7.34. The zero-order valence-corrected chi connectivity index (χ0v) is 17.4. The predicted molar refractivity (Wildman–Crippen MR) is 114 cm³/mol. The molecule has 0 N–H and O–H groups in total. The molecule has 1 aromatic heterocycles. The Kier molecular flexibility index (Phi) is 5.19. The number of benzene rings is 1. The van der Waals surface area contributed by atoms with Crippen molar-refractivity contribution in [3.05, 3.63) is 42.1 Å². The van der Waals surface area contributed by atoms with Crippen LogP contribution in [0.2, 0.25) is 0 Å². The second kappa shape index (κ2) is 7.99. The Morgan fingerprint density at radius 2 is 1.87 bits per heavy atom. The molecule has 3 aliphatic rings. The second-order valence-corrected chi connectivity index (χ2v) is 9.02. The molecule has 1 aliphatic carbocycles. The highest BCUT2D eigenvalue weighted by Gasteiger charge is 2.51. The minimum atomic E-state index is 0.0223. The average molecular weight is 408 g/mol. The maximum absolute atomic E-state index is 13.2. The minimum Gasteiger partial charge on any atom is -0.378 e. The molecule has 5 rings (SSSR count). The van der Waals surface area contributed by atoms with Gasteiger partial charge in [0.05, 0.1) is 18.7 Å². The molecule has 3 fully saturated rings. The fraction of sp³-hybridized carbons (Fsp3) is 0.542. The van der Waals surface area contributed by atoms with Crippen LogP contribution in [0.25, 0.3) is 10.9 Å². The number of amides is 2. The number of morpholine rings is 1. The van der Waals surface area contributed by atoms with Gasteiger partial charge in [-0.15, -0.1) is 0 Å². The number of aromatic nitrogens is 1. The van der Waals surface area contributed by atoms with E-state index in [4.69, 9.17) is 4.74 Å². The molecule has 2 aliphatic heterocycles. The van der Waals surface area contributed by atoms with Crippen LogP contribution in [0.1, 0.15) is 42.6 Å². The van der Waals surface area contributed by atoms with Gasteiger partial charge in [0.15, 0.2) is 0 Å². The number of likely N-dealkylation sites (tertiary alicyclic amines) is 1. The van der Waals surface area contributed by atoms with Crippen molar-refractivity contribution in [1.82, 2.24) is 14.8 Å². The number of carbonyl (C=O) groups is 2. The first kappa shape index (κ1) is 19.5. The maximum atomic E-state index is 13.2. The summed E-state index contributed by atoms with van der Waals surface area (Å²) in [7, 11) is 0. The van der Waals surface area contributed by atoms with E-state index in [0.29, 0.717) is 44.3 Å². The van der Waals surface area contributed by atoms with Gasteiger partial charge in [-0.05, 0) is 42.7 Å². The van der Waals surface area contributed by atoms with Crippen LogP contribution in [0.4, 0.5) is 0 Å². The lowest BCUT2D eigenvalue weighted by Gasteiger charge is -2.43. The lowest BCUT2D eigenvalue weighted by Crippen LogP contribution is -2.42. The van der Waals surface area contributed by atoms with Crippen LogP contribution in [0.5, 0.6) is 0 Å². The zero-order valence-electron chi connectivity index (χ0n) is 17.4. The monoisotopic (exact) mass is 407 g/mol. The van der Waals surface area contributed by atoms with Crippen LogP contribution >= 0.6 is 0 Å². The molecule has 3 heterocycles. The summed E-state index contributed by atoms with van der Waals surface area (Å²) in [5.74, 6) is 0.656. The van der Waals surface area contributed by atoms with Gasteiger partial charge in [-0.25, -0.2) is 4.98 Å². The summed E-state index contributed by atoms with van der Waals surface area (Å²) >= 11 is 0. The summed E-state index contributed by atoms with van der Waals surface area (Å²) in [6.07, 6.45) is 4.99. The Bertz CT molecular complexity index is 950. The second-order valence-electron chi connectivity index (χ2n) is 9.02. The van der Waals surface area contributed by atoms with Crippen molar-refractivity contribution in [3.8, 4) is 0 Å². The fourth-order valence-electron chi connectivity index (χ4n) is 5.40. The molecular weight excluding hydrogens is 378 g/mol. The number of nitrogens with zero attached hydrogens (tertiary/aromatic N) is 3. The smallest absolute Gasteiger partial charge is 0.272 e. The molecule has 1 aromatic carbocycles. The highest BCUT2D eigenvalue weighted by Crippen LogP contribution is 2.53. The molecule has 6 nitrogen and oxygen atoms in total. The molecule has 1 unspecified atom stereocenters. The van der Waals surface area contributed by atoms with Crippen molar-refractivity contribution in [2.45, 2.75) is 32.1 Å². The van der Waals surface area contributed by atoms with E-state index in [-0.39, 0.29) is 17.2 Å². The van der Waals surface area contributed by atoms with Crippen molar-refractivity contribution < 1.29 is 14.3 Å². The van der Waals surface area contributed by atoms with E-state index in [1.165, 1.54) is 19.3 Å². The lowest BCUT2D eigenvalue weighted by molar-refractivity contribution is -0.135. The summed E-state index contributed by atoms with van der Waals surface area (Å²) in [5, 5.41) is 1.05. The van der Waals surface area contributed by atoms with Gasteiger partial charge in [0.2, 0.25) is 5.91 Å². The van der Waals surface area contributed by atoms with Gasteiger partial charge in [-0.3, -0.25) is 9.59 Å². The standard InChI is InChI=1S/C24H29N3O3/c28-22(26-12-14-30-15-13-26)9-7-19-16-27(17-24(19)10-3-11-24)23(29)21-8-6-18-4-1-2-5-20(18)25-21/h1-2,4-6,8,19H,3,7,9-17H2. The number of para-hydroxylation sites is 1. The number of carbonyl (C=O) groups excluding carboxylic acids is 2. The summed E-state index contributed by atoms with van der Waals surface area (Å²) in [6, 6.07) is 11.7. The molecule has 0 radical (unpaired) electrons. The molecule has 2 aromatic rings. The molecule has 2 amide bonds. The van der Waals surface area contributed by atoms with Crippen molar-refractivity contribution >= 4 is 22.7 Å². The predicted octanol–water partition coefficient (Wildman–Crippen LogP) is 3.12. The van der Waals surface area contributed by atoms with Crippen LogP contribution < -0.4 is 0 Å². The number of rotatable bonds is 4.